The molecule has 0 bridgehead atoms. The minimum Gasteiger partial charge on any atom is -0.466 e. The molecule has 0 spiro atoms. The molecule has 0 aliphatic rings. The Kier molecular flexibility index (Phi) is 4.45. The first-order valence-electron chi connectivity index (χ1n) is 5.06. The van der Waals surface area contributed by atoms with Crippen LogP contribution in [0.2, 0.25) is 0 Å². The molecule has 2 atom stereocenters. The predicted molar refractivity (Wildman–Crippen MR) is 55.4 cm³/mol. The summed E-state index contributed by atoms with van der Waals surface area (Å²) in [6.45, 7) is 1.94. The van der Waals surface area contributed by atoms with Gasteiger partial charge in [-0.3, -0.25) is 9.48 Å². The van der Waals surface area contributed by atoms with Crippen LogP contribution in [0.5, 0.6) is 0 Å². The average Bonchev–Trinajstić information content (AvgIpc) is 2.63. The summed E-state index contributed by atoms with van der Waals surface area (Å²) >= 11 is 0. The minimum atomic E-state index is -1.19. The number of aliphatic hydroxyl groups is 2. The lowest BCUT2D eigenvalue weighted by atomic mass is 10.1. The largest absolute Gasteiger partial charge is 0.466 e. The lowest BCUT2D eigenvalue weighted by molar-refractivity contribution is -0.147. The van der Waals surface area contributed by atoms with Gasteiger partial charge in [0.2, 0.25) is 0 Å². The van der Waals surface area contributed by atoms with E-state index in [-0.39, 0.29) is 13.0 Å². The van der Waals surface area contributed by atoms with Gasteiger partial charge < -0.3 is 14.9 Å². The third-order valence-corrected chi connectivity index (χ3v) is 2.21. The summed E-state index contributed by atoms with van der Waals surface area (Å²) in [5, 5.41) is 23.2. The van der Waals surface area contributed by atoms with Gasteiger partial charge in [0.05, 0.1) is 24.8 Å². The molecule has 0 saturated carbocycles. The standard InChI is InChI=1S/C10H16N2O4/c1-3-16-9(14)6-8(13)10(15)7-4-5-11-12(7)2/h4-5,8,10,13,15H,3,6H2,1-2H3. The second kappa shape index (κ2) is 5.62. The quantitative estimate of drug-likeness (QED) is 0.680. The van der Waals surface area contributed by atoms with Gasteiger partial charge in [-0.2, -0.15) is 5.10 Å². The molecule has 1 aromatic heterocycles. The van der Waals surface area contributed by atoms with Crippen molar-refractivity contribution in [3.63, 3.8) is 0 Å². The molecule has 1 aromatic rings. The zero-order valence-electron chi connectivity index (χ0n) is 9.33. The Morgan fingerprint density at radius 1 is 1.62 bits per heavy atom. The maximum atomic E-state index is 11.1. The molecule has 6 heteroatoms. The van der Waals surface area contributed by atoms with Crippen LogP contribution >= 0.6 is 0 Å². The lowest BCUT2D eigenvalue weighted by Crippen LogP contribution is -2.24. The van der Waals surface area contributed by atoms with Crippen molar-refractivity contribution in [3.8, 4) is 0 Å². The number of ether oxygens (including phenoxy) is 1. The first kappa shape index (κ1) is 12.7. The number of hydrogen-bond acceptors (Lipinski definition) is 5. The molecule has 1 heterocycles. The molecule has 0 radical (unpaired) electrons. The van der Waals surface area contributed by atoms with Gasteiger partial charge in [-0.05, 0) is 13.0 Å². The summed E-state index contributed by atoms with van der Waals surface area (Å²) in [5.41, 5.74) is 0.455. The second-order valence-corrected chi connectivity index (χ2v) is 3.40. The number of aromatic nitrogens is 2. The smallest absolute Gasteiger partial charge is 0.308 e. The molecule has 6 nitrogen and oxygen atoms in total. The highest BCUT2D eigenvalue weighted by atomic mass is 16.5. The van der Waals surface area contributed by atoms with Crippen LogP contribution in [0.15, 0.2) is 12.3 Å². The van der Waals surface area contributed by atoms with E-state index in [9.17, 15) is 15.0 Å². The SMILES string of the molecule is CCOC(=O)CC(O)C(O)c1ccnn1C. The van der Waals surface area contributed by atoms with Crippen LogP contribution in [0, 0.1) is 0 Å². The fraction of sp³-hybridized carbons (Fsp3) is 0.600. The number of nitrogens with zero attached hydrogens (tertiary/aromatic N) is 2. The highest BCUT2D eigenvalue weighted by molar-refractivity contribution is 5.70. The Labute approximate surface area is 93.5 Å². The Balaban J connectivity index is 2.57. The van der Waals surface area contributed by atoms with Crippen LogP contribution in [0.3, 0.4) is 0 Å². The first-order chi connectivity index (χ1) is 7.56. The number of hydrogen-bond donors (Lipinski definition) is 2. The van der Waals surface area contributed by atoms with Crippen LogP contribution in [0.25, 0.3) is 0 Å². The van der Waals surface area contributed by atoms with E-state index in [1.165, 1.54) is 10.9 Å². The van der Waals surface area contributed by atoms with Crippen LogP contribution in [0.4, 0.5) is 0 Å². The molecule has 0 aliphatic heterocycles. The molecule has 0 aliphatic carbocycles. The monoisotopic (exact) mass is 228 g/mol. The molecule has 2 N–H and O–H groups in total. The van der Waals surface area contributed by atoms with E-state index < -0.39 is 18.2 Å². The highest BCUT2D eigenvalue weighted by Gasteiger charge is 2.24. The van der Waals surface area contributed by atoms with Gasteiger partial charge in [-0.1, -0.05) is 0 Å². The lowest BCUT2D eigenvalue weighted by Gasteiger charge is -2.17. The summed E-state index contributed by atoms with van der Waals surface area (Å²) < 4.78 is 6.12. The molecule has 16 heavy (non-hydrogen) atoms. The van der Waals surface area contributed by atoms with Gasteiger partial charge in [0.25, 0.3) is 0 Å². The number of rotatable bonds is 5. The topological polar surface area (TPSA) is 84.6 Å². The van der Waals surface area contributed by atoms with Crippen molar-refractivity contribution in [1.29, 1.82) is 0 Å². The van der Waals surface area contributed by atoms with E-state index in [0.717, 1.165) is 0 Å². The van der Waals surface area contributed by atoms with Gasteiger partial charge in [0.1, 0.15) is 6.10 Å². The Morgan fingerprint density at radius 2 is 2.31 bits per heavy atom. The van der Waals surface area contributed by atoms with Crippen molar-refractivity contribution in [2.45, 2.75) is 25.6 Å². The van der Waals surface area contributed by atoms with Gasteiger partial charge >= 0.3 is 5.97 Å². The zero-order chi connectivity index (χ0) is 12.1. The minimum absolute atomic E-state index is 0.236. The Hall–Kier alpha value is -1.40. The molecule has 0 amide bonds. The Bertz CT molecular complexity index is 350. The third-order valence-electron chi connectivity index (χ3n) is 2.21. The third kappa shape index (κ3) is 3.04. The van der Waals surface area contributed by atoms with Crippen molar-refractivity contribution in [2.24, 2.45) is 7.05 Å². The molecule has 90 valence electrons. The molecule has 0 saturated heterocycles. The molecular weight excluding hydrogens is 212 g/mol. The summed E-state index contributed by atoms with van der Waals surface area (Å²) in [6, 6.07) is 1.58. The summed E-state index contributed by atoms with van der Waals surface area (Å²) in [4.78, 5) is 11.1. The van der Waals surface area contributed by atoms with E-state index in [0.29, 0.717) is 5.69 Å². The van der Waals surface area contributed by atoms with Crippen LogP contribution in [-0.4, -0.2) is 38.7 Å². The Morgan fingerprint density at radius 3 is 2.81 bits per heavy atom. The number of aliphatic hydroxyl groups excluding tert-OH is 2. The van der Waals surface area contributed by atoms with Crippen molar-refractivity contribution >= 4 is 5.97 Å². The molecule has 2 unspecified atom stereocenters. The van der Waals surface area contributed by atoms with Crippen LogP contribution in [0.1, 0.15) is 25.1 Å². The van der Waals surface area contributed by atoms with Gasteiger partial charge in [0.15, 0.2) is 0 Å². The van der Waals surface area contributed by atoms with Crippen molar-refractivity contribution in [1.82, 2.24) is 9.78 Å². The van der Waals surface area contributed by atoms with E-state index in [1.807, 2.05) is 0 Å². The van der Waals surface area contributed by atoms with Gasteiger partial charge in [-0.25, -0.2) is 0 Å². The summed E-state index contributed by atoms with van der Waals surface area (Å²) in [5.74, 6) is -0.531. The number of aryl methyl sites for hydroxylation is 1. The first-order valence-corrected chi connectivity index (χ1v) is 5.06. The van der Waals surface area contributed by atoms with Crippen molar-refractivity contribution in [3.05, 3.63) is 18.0 Å². The van der Waals surface area contributed by atoms with Crippen molar-refractivity contribution in [2.75, 3.05) is 6.61 Å². The predicted octanol–water partition coefficient (Wildman–Crippen LogP) is -0.232. The summed E-state index contributed by atoms with van der Waals surface area (Å²) in [6.07, 6.45) is -1.05. The maximum absolute atomic E-state index is 11.1. The van der Waals surface area contributed by atoms with Crippen LogP contribution < -0.4 is 0 Å². The van der Waals surface area contributed by atoms with Gasteiger partial charge in [0, 0.05) is 13.2 Å². The van der Waals surface area contributed by atoms with E-state index in [4.69, 9.17) is 0 Å². The van der Waals surface area contributed by atoms with Gasteiger partial charge in [-0.15, -0.1) is 0 Å². The number of carbonyl (C=O) groups excluding carboxylic acids is 1. The van der Waals surface area contributed by atoms with E-state index in [2.05, 4.69) is 9.84 Å². The van der Waals surface area contributed by atoms with Crippen molar-refractivity contribution < 1.29 is 19.7 Å². The number of carbonyl (C=O) groups is 1. The zero-order valence-corrected chi connectivity index (χ0v) is 9.33. The fourth-order valence-electron chi connectivity index (χ4n) is 1.37. The fourth-order valence-corrected chi connectivity index (χ4v) is 1.37. The molecule has 0 aromatic carbocycles. The number of esters is 1. The molecule has 0 fully saturated rings. The highest BCUT2D eigenvalue weighted by Crippen LogP contribution is 2.18. The molecule has 1 rings (SSSR count). The van der Waals surface area contributed by atoms with E-state index >= 15 is 0 Å². The normalized spacial score (nSPS) is 14.5. The van der Waals surface area contributed by atoms with Crippen LogP contribution in [-0.2, 0) is 16.6 Å². The summed E-state index contributed by atoms with van der Waals surface area (Å²) in [7, 11) is 1.65. The second-order valence-electron chi connectivity index (χ2n) is 3.40. The van der Waals surface area contributed by atoms with E-state index in [1.54, 1.807) is 20.0 Å². The average molecular weight is 228 g/mol. The molecular formula is C10H16N2O4. The maximum Gasteiger partial charge on any atom is 0.308 e.